The normalized spacial score (nSPS) is 19.2. The maximum absolute atomic E-state index is 3.68. The Kier molecular flexibility index (Phi) is 5.63. The first kappa shape index (κ1) is 13.7. The number of halogens is 1. The quantitative estimate of drug-likeness (QED) is 0.811. The zero-order valence-corrected chi connectivity index (χ0v) is 13.3. The summed E-state index contributed by atoms with van der Waals surface area (Å²) in [6, 6.07) is 9.31. The summed E-state index contributed by atoms with van der Waals surface area (Å²) < 4.78 is 1.31. The van der Waals surface area contributed by atoms with Crippen LogP contribution in [0.1, 0.15) is 31.4 Å². The van der Waals surface area contributed by atoms with Gasteiger partial charge in [-0.05, 0) is 84.0 Å². The highest BCUT2D eigenvalue weighted by Crippen LogP contribution is 2.23. The maximum atomic E-state index is 3.68. The van der Waals surface area contributed by atoms with Crippen molar-refractivity contribution >= 4 is 34.4 Å². The number of hydrogen-bond acceptors (Lipinski definition) is 2. The molecule has 17 heavy (non-hydrogen) atoms. The summed E-state index contributed by atoms with van der Waals surface area (Å²) in [4.78, 5) is 0. The number of nitrogens with one attached hydrogen (secondary N) is 1. The molecule has 1 aliphatic rings. The molecule has 0 saturated carbocycles. The van der Waals surface area contributed by atoms with E-state index in [2.05, 4.69) is 70.9 Å². The van der Waals surface area contributed by atoms with Crippen LogP contribution in [0.3, 0.4) is 0 Å². The van der Waals surface area contributed by atoms with Gasteiger partial charge in [-0.15, -0.1) is 0 Å². The first-order valence-electron chi connectivity index (χ1n) is 6.32. The molecule has 1 aromatic rings. The van der Waals surface area contributed by atoms with Gasteiger partial charge in [-0.25, -0.2) is 0 Å². The second-order valence-corrected chi connectivity index (χ2v) is 7.21. The fourth-order valence-corrected chi connectivity index (χ4v) is 3.73. The van der Waals surface area contributed by atoms with E-state index in [1.165, 1.54) is 40.0 Å². The van der Waals surface area contributed by atoms with E-state index in [1.54, 1.807) is 0 Å². The fraction of sp³-hybridized carbons (Fsp3) is 0.571. The molecule has 1 heterocycles. The molecule has 0 spiro atoms. The van der Waals surface area contributed by atoms with Crippen LogP contribution in [-0.2, 0) is 0 Å². The zero-order valence-electron chi connectivity index (χ0n) is 10.3. The van der Waals surface area contributed by atoms with Crippen LogP contribution in [0.25, 0.3) is 0 Å². The Labute approximate surface area is 122 Å². The average molecular weight is 361 g/mol. The third-order valence-electron chi connectivity index (χ3n) is 3.42. The van der Waals surface area contributed by atoms with Crippen LogP contribution in [0.5, 0.6) is 0 Å². The van der Waals surface area contributed by atoms with Gasteiger partial charge in [0.25, 0.3) is 0 Å². The minimum absolute atomic E-state index is 0.474. The van der Waals surface area contributed by atoms with Crippen molar-refractivity contribution in [1.29, 1.82) is 0 Å². The monoisotopic (exact) mass is 361 g/mol. The van der Waals surface area contributed by atoms with E-state index in [0.29, 0.717) is 6.04 Å². The average Bonchev–Trinajstić information content (AvgIpc) is 2.38. The number of hydrogen-bond donors (Lipinski definition) is 1. The lowest BCUT2D eigenvalue weighted by atomic mass is 10.0. The van der Waals surface area contributed by atoms with Crippen molar-refractivity contribution in [2.75, 3.05) is 18.1 Å². The van der Waals surface area contributed by atoms with Gasteiger partial charge in [0, 0.05) is 9.61 Å². The van der Waals surface area contributed by atoms with E-state index in [4.69, 9.17) is 0 Å². The van der Waals surface area contributed by atoms with Crippen molar-refractivity contribution in [1.82, 2.24) is 5.32 Å². The SMILES string of the molecule is CC(NCC1CCSCC1)c1ccc(I)cc1. The van der Waals surface area contributed by atoms with Gasteiger partial charge in [-0.1, -0.05) is 12.1 Å². The lowest BCUT2D eigenvalue weighted by Gasteiger charge is -2.24. The number of rotatable bonds is 4. The van der Waals surface area contributed by atoms with Crippen molar-refractivity contribution in [3.63, 3.8) is 0 Å². The van der Waals surface area contributed by atoms with Crippen molar-refractivity contribution in [3.05, 3.63) is 33.4 Å². The summed E-state index contributed by atoms with van der Waals surface area (Å²) in [6.07, 6.45) is 2.77. The molecule has 1 aromatic carbocycles. The van der Waals surface area contributed by atoms with Crippen molar-refractivity contribution in [2.24, 2.45) is 5.92 Å². The van der Waals surface area contributed by atoms with Gasteiger partial charge in [0.1, 0.15) is 0 Å². The van der Waals surface area contributed by atoms with Gasteiger partial charge in [0.15, 0.2) is 0 Å². The van der Waals surface area contributed by atoms with Crippen LogP contribution in [-0.4, -0.2) is 18.1 Å². The molecule has 1 aliphatic heterocycles. The third-order valence-corrected chi connectivity index (χ3v) is 5.19. The largest absolute Gasteiger partial charge is 0.310 e. The highest BCUT2D eigenvalue weighted by molar-refractivity contribution is 14.1. The summed E-state index contributed by atoms with van der Waals surface area (Å²) in [7, 11) is 0. The Morgan fingerprint density at radius 2 is 1.94 bits per heavy atom. The first-order valence-corrected chi connectivity index (χ1v) is 8.55. The molecule has 0 amide bonds. The highest BCUT2D eigenvalue weighted by Gasteiger charge is 2.14. The molecule has 1 unspecified atom stereocenters. The van der Waals surface area contributed by atoms with Crippen LogP contribution < -0.4 is 5.32 Å². The molecule has 1 saturated heterocycles. The molecular formula is C14H20INS. The van der Waals surface area contributed by atoms with E-state index in [9.17, 15) is 0 Å². The Bertz CT molecular complexity index is 333. The lowest BCUT2D eigenvalue weighted by molar-refractivity contribution is 0.421. The van der Waals surface area contributed by atoms with Crippen LogP contribution >= 0.6 is 34.4 Å². The van der Waals surface area contributed by atoms with Crippen molar-refractivity contribution in [3.8, 4) is 0 Å². The molecule has 1 nitrogen and oxygen atoms in total. The molecule has 0 aliphatic carbocycles. The third kappa shape index (κ3) is 4.45. The topological polar surface area (TPSA) is 12.0 Å². The smallest absolute Gasteiger partial charge is 0.0291 e. The van der Waals surface area contributed by atoms with Crippen LogP contribution in [0.15, 0.2) is 24.3 Å². The van der Waals surface area contributed by atoms with Crippen LogP contribution in [0.4, 0.5) is 0 Å². The van der Waals surface area contributed by atoms with E-state index in [0.717, 1.165) is 5.92 Å². The standard InChI is InChI=1S/C14H20INS/c1-11(13-2-4-14(15)5-3-13)16-10-12-6-8-17-9-7-12/h2-5,11-12,16H,6-10H2,1H3. The summed E-state index contributed by atoms with van der Waals surface area (Å²) in [6.45, 7) is 3.44. The van der Waals surface area contributed by atoms with Gasteiger partial charge < -0.3 is 5.32 Å². The minimum atomic E-state index is 0.474. The molecule has 0 bridgehead atoms. The minimum Gasteiger partial charge on any atom is -0.310 e. The molecule has 2 rings (SSSR count). The highest BCUT2D eigenvalue weighted by atomic mass is 127. The van der Waals surface area contributed by atoms with Gasteiger partial charge in [-0.2, -0.15) is 11.8 Å². The zero-order chi connectivity index (χ0) is 12.1. The Balaban J connectivity index is 1.80. The maximum Gasteiger partial charge on any atom is 0.0291 e. The summed E-state index contributed by atoms with van der Waals surface area (Å²) >= 11 is 4.46. The summed E-state index contributed by atoms with van der Waals surface area (Å²) in [5.41, 5.74) is 1.40. The van der Waals surface area contributed by atoms with E-state index < -0.39 is 0 Å². The van der Waals surface area contributed by atoms with Gasteiger partial charge in [0.05, 0.1) is 0 Å². The molecule has 3 heteroatoms. The first-order chi connectivity index (χ1) is 8.25. The molecule has 94 valence electrons. The second kappa shape index (κ2) is 7.00. The molecule has 0 aromatic heterocycles. The van der Waals surface area contributed by atoms with Crippen molar-refractivity contribution < 1.29 is 0 Å². The Hall–Kier alpha value is 0.260. The lowest BCUT2D eigenvalue weighted by Crippen LogP contribution is -2.27. The van der Waals surface area contributed by atoms with Gasteiger partial charge in [0.2, 0.25) is 0 Å². The van der Waals surface area contributed by atoms with E-state index >= 15 is 0 Å². The predicted octanol–water partition coefficient (Wildman–Crippen LogP) is 4.09. The molecule has 1 atom stereocenters. The Morgan fingerprint density at radius 3 is 2.59 bits per heavy atom. The fourth-order valence-electron chi connectivity index (χ4n) is 2.16. The van der Waals surface area contributed by atoms with Crippen LogP contribution in [0, 0.1) is 9.49 Å². The van der Waals surface area contributed by atoms with Crippen LogP contribution in [0.2, 0.25) is 0 Å². The van der Waals surface area contributed by atoms with Gasteiger partial charge in [-0.3, -0.25) is 0 Å². The Morgan fingerprint density at radius 1 is 1.29 bits per heavy atom. The van der Waals surface area contributed by atoms with Crippen molar-refractivity contribution in [2.45, 2.75) is 25.8 Å². The number of benzene rings is 1. The summed E-state index contributed by atoms with van der Waals surface area (Å²) in [5, 5.41) is 3.68. The molecular weight excluding hydrogens is 341 g/mol. The molecule has 1 fully saturated rings. The second-order valence-electron chi connectivity index (χ2n) is 4.74. The number of thioether (sulfide) groups is 1. The van der Waals surface area contributed by atoms with Gasteiger partial charge >= 0.3 is 0 Å². The molecule has 0 radical (unpaired) electrons. The van der Waals surface area contributed by atoms with E-state index in [-0.39, 0.29) is 0 Å². The summed E-state index contributed by atoms with van der Waals surface area (Å²) in [5.74, 6) is 3.59. The predicted molar refractivity (Wildman–Crippen MR) is 85.6 cm³/mol. The van der Waals surface area contributed by atoms with E-state index in [1.807, 2.05) is 0 Å². The molecule has 1 N–H and O–H groups in total.